The van der Waals surface area contributed by atoms with E-state index in [1.807, 2.05) is 19.1 Å². The number of hydrogen-bond donors (Lipinski definition) is 1. The maximum atomic E-state index is 12.6. The van der Waals surface area contributed by atoms with Crippen LogP contribution in [-0.2, 0) is 4.74 Å². The van der Waals surface area contributed by atoms with Crippen molar-refractivity contribution in [2.45, 2.75) is 6.92 Å². The van der Waals surface area contributed by atoms with E-state index >= 15 is 0 Å². The Morgan fingerprint density at radius 3 is 2.35 bits per heavy atom. The van der Waals surface area contributed by atoms with Gasteiger partial charge in [0, 0.05) is 0 Å². The topological polar surface area (TPSA) is 81.2 Å². The van der Waals surface area contributed by atoms with E-state index in [2.05, 4.69) is 15.3 Å². The van der Waals surface area contributed by atoms with Crippen molar-refractivity contribution >= 4 is 60.1 Å². The number of thiazole rings is 2. The standard InChI is InChI=1S/C18H13N3O3S2/c1-9-19-12-7-8-13-15(14(12)25-9)26-18(20-13)21-16(22)10-5-3-4-6-11(10)17(23)24-2/h3-8H,1-2H3,(H,20,21,22). The number of carbonyl (C=O) groups excluding carboxylic acids is 2. The Bertz CT molecular complexity index is 1160. The molecule has 0 aliphatic carbocycles. The molecule has 2 aromatic carbocycles. The largest absolute Gasteiger partial charge is 0.465 e. The summed E-state index contributed by atoms with van der Waals surface area (Å²) in [6.07, 6.45) is 0. The molecule has 1 amide bonds. The van der Waals surface area contributed by atoms with Gasteiger partial charge in [0.25, 0.3) is 5.91 Å². The van der Waals surface area contributed by atoms with Gasteiger partial charge in [-0.3, -0.25) is 10.1 Å². The van der Waals surface area contributed by atoms with Gasteiger partial charge in [-0.1, -0.05) is 23.5 Å². The van der Waals surface area contributed by atoms with Gasteiger partial charge in [0.2, 0.25) is 0 Å². The second-order valence-electron chi connectivity index (χ2n) is 5.51. The number of methoxy groups -OCH3 is 1. The van der Waals surface area contributed by atoms with E-state index in [-0.39, 0.29) is 11.1 Å². The molecule has 0 radical (unpaired) electrons. The highest BCUT2D eigenvalue weighted by molar-refractivity contribution is 7.28. The molecule has 2 heterocycles. The molecule has 130 valence electrons. The molecule has 4 aromatic rings. The fourth-order valence-electron chi connectivity index (χ4n) is 2.67. The lowest BCUT2D eigenvalue weighted by Crippen LogP contribution is -2.16. The molecule has 4 rings (SSSR count). The van der Waals surface area contributed by atoms with E-state index in [4.69, 9.17) is 4.74 Å². The third-order valence-corrected chi connectivity index (χ3v) is 5.95. The minimum absolute atomic E-state index is 0.217. The Morgan fingerprint density at radius 1 is 0.962 bits per heavy atom. The summed E-state index contributed by atoms with van der Waals surface area (Å²) in [4.78, 5) is 33.5. The summed E-state index contributed by atoms with van der Waals surface area (Å²) in [6, 6.07) is 10.3. The van der Waals surface area contributed by atoms with Crippen LogP contribution >= 0.6 is 22.7 Å². The van der Waals surface area contributed by atoms with E-state index in [9.17, 15) is 9.59 Å². The fraction of sp³-hybridized carbons (Fsp3) is 0.111. The van der Waals surface area contributed by atoms with E-state index in [1.165, 1.54) is 18.4 Å². The lowest BCUT2D eigenvalue weighted by Gasteiger charge is -2.06. The van der Waals surface area contributed by atoms with Crippen molar-refractivity contribution < 1.29 is 14.3 Å². The Morgan fingerprint density at radius 2 is 1.62 bits per heavy atom. The molecule has 2 aromatic heterocycles. The first kappa shape index (κ1) is 16.6. The van der Waals surface area contributed by atoms with Gasteiger partial charge < -0.3 is 4.74 Å². The number of benzene rings is 2. The highest BCUT2D eigenvalue weighted by Gasteiger charge is 2.19. The smallest absolute Gasteiger partial charge is 0.338 e. The Hall–Kier alpha value is -2.84. The van der Waals surface area contributed by atoms with Gasteiger partial charge in [0.05, 0.1) is 43.7 Å². The van der Waals surface area contributed by atoms with Gasteiger partial charge in [0.1, 0.15) is 0 Å². The molecule has 6 nitrogen and oxygen atoms in total. The summed E-state index contributed by atoms with van der Waals surface area (Å²) in [5.74, 6) is -0.955. The summed E-state index contributed by atoms with van der Waals surface area (Å²) >= 11 is 3.00. The minimum atomic E-state index is -0.554. The van der Waals surface area contributed by atoms with Gasteiger partial charge in [-0.2, -0.15) is 0 Å². The van der Waals surface area contributed by atoms with E-state index < -0.39 is 11.9 Å². The van der Waals surface area contributed by atoms with Crippen LogP contribution in [0.15, 0.2) is 36.4 Å². The summed E-state index contributed by atoms with van der Waals surface area (Å²) in [7, 11) is 1.28. The molecular weight excluding hydrogens is 370 g/mol. The van der Waals surface area contributed by atoms with Gasteiger partial charge >= 0.3 is 5.97 Å². The zero-order chi connectivity index (χ0) is 18.3. The van der Waals surface area contributed by atoms with Crippen molar-refractivity contribution in [2.24, 2.45) is 0 Å². The number of hydrogen-bond acceptors (Lipinski definition) is 7. The molecule has 26 heavy (non-hydrogen) atoms. The molecule has 0 bridgehead atoms. The molecule has 0 spiro atoms. The summed E-state index contributed by atoms with van der Waals surface area (Å²) in [5, 5.41) is 4.24. The summed E-state index contributed by atoms with van der Waals surface area (Å²) < 4.78 is 6.79. The highest BCUT2D eigenvalue weighted by atomic mass is 32.1. The second kappa shape index (κ2) is 6.47. The number of ether oxygens (including phenoxy) is 1. The zero-order valence-electron chi connectivity index (χ0n) is 13.9. The first-order valence-corrected chi connectivity index (χ1v) is 9.35. The summed E-state index contributed by atoms with van der Waals surface area (Å²) in [5.41, 5.74) is 2.20. The highest BCUT2D eigenvalue weighted by Crippen LogP contribution is 2.35. The lowest BCUT2D eigenvalue weighted by molar-refractivity contribution is 0.0597. The molecule has 0 aliphatic heterocycles. The van der Waals surface area contributed by atoms with Crippen molar-refractivity contribution in [1.82, 2.24) is 9.97 Å². The minimum Gasteiger partial charge on any atom is -0.465 e. The maximum absolute atomic E-state index is 12.6. The average Bonchev–Trinajstić information content (AvgIpc) is 3.22. The Balaban J connectivity index is 1.70. The van der Waals surface area contributed by atoms with Gasteiger partial charge in [-0.15, -0.1) is 11.3 Å². The number of aryl methyl sites for hydroxylation is 1. The number of esters is 1. The van der Waals surface area contributed by atoms with Crippen LogP contribution < -0.4 is 5.32 Å². The van der Waals surface area contributed by atoms with Crippen molar-refractivity contribution in [3.8, 4) is 0 Å². The Labute approximate surface area is 156 Å². The third kappa shape index (κ3) is 2.83. The van der Waals surface area contributed by atoms with Crippen LogP contribution in [0, 0.1) is 6.92 Å². The van der Waals surface area contributed by atoms with Gasteiger partial charge in [-0.05, 0) is 31.2 Å². The van der Waals surface area contributed by atoms with Crippen LogP contribution in [0.2, 0.25) is 0 Å². The number of amides is 1. The van der Waals surface area contributed by atoms with Crippen molar-refractivity contribution in [2.75, 3.05) is 12.4 Å². The number of carbonyl (C=O) groups is 2. The molecular formula is C18H13N3O3S2. The molecule has 0 saturated heterocycles. The first-order chi connectivity index (χ1) is 12.6. The van der Waals surface area contributed by atoms with Crippen LogP contribution in [0.25, 0.3) is 20.4 Å². The van der Waals surface area contributed by atoms with Crippen LogP contribution in [0.1, 0.15) is 25.7 Å². The molecule has 0 aliphatic rings. The predicted octanol–water partition coefficient (Wildman–Crippen LogP) is 4.25. The van der Waals surface area contributed by atoms with Crippen molar-refractivity contribution in [3.63, 3.8) is 0 Å². The summed E-state index contributed by atoms with van der Waals surface area (Å²) in [6.45, 7) is 1.96. The fourth-order valence-corrected chi connectivity index (χ4v) is 4.67. The molecule has 0 fully saturated rings. The molecule has 1 N–H and O–H groups in total. The lowest BCUT2D eigenvalue weighted by atomic mass is 10.1. The van der Waals surface area contributed by atoms with Gasteiger partial charge in [-0.25, -0.2) is 14.8 Å². The molecule has 0 saturated carbocycles. The maximum Gasteiger partial charge on any atom is 0.338 e. The molecule has 0 unspecified atom stereocenters. The number of anilines is 1. The molecule has 8 heteroatoms. The molecule has 0 atom stereocenters. The SMILES string of the molecule is COC(=O)c1ccccc1C(=O)Nc1nc2ccc3nc(C)sc3c2s1. The quantitative estimate of drug-likeness (QED) is 0.535. The number of aromatic nitrogens is 2. The van der Waals surface area contributed by atoms with Crippen molar-refractivity contribution in [3.05, 3.63) is 52.5 Å². The second-order valence-corrected chi connectivity index (χ2v) is 7.71. The number of nitrogens with one attached hydrogen (secondary N) is 1. The van der Waals surface area contributed by atoms with E-state index in [0.29, 0.717) is 5.13 Å². The number of fused-ring (bicyclic) bond motifs is 3. The average molecular weight is 383 g/mol. The van der Waals surface area contributed by atoms with E-state index in [1.54, 1.807) is 35.6 Å². The van der Waals surface area contributed by atoms with E-state index in [0.717, 1.165) is 25.4 Å². The normalized spacial score (nSPS) is 11.0. The monoisotopic (exact) mass is 383 g/mol. The Kier molecular flexibility index (Phi) is 4.14. The van der Waals surface area contributed by atoms with Gasteiger partial charge in [0.15, 0.2) is 5.13 Å². The van der Waals surface area contributed by atoms with Crippen molar-refractivity contribution in [1.29, 1.82) is 0 Å². The number of rotatable bonds is 3. The van der Waals surface area contributed by atoms with Crippen LogP contribution in [0.3, 0.4) is 0 Å². The van der Waals surface area contributed by atoms with Crippen LogP contribution in [0.4, 0.5) is 5.13 Å². The number of nitrogens with zero attached hydrogens (tertiary/aromatic N) is 2. The third-order valence-electron chi connectivity index (χ3n) is 3.82. The van der Waals surface area contributed by atoms with Crippen LogP contribution in [-0.4, -0.2) is 29.0 Å². The zero-order valence-corrected chi connectivity index (χ0v) is 15.5. The predicted molar refractivity (Wildman–Crippen MR) is 103 cm³/mol. The first-order valence-electron chi connectivity index (χ1n) is 7.72. The van der Waals surface area contributed by atoms with Crippen LogP contribution in [0.5, 0.6) is 0 Å².